The van der Waals surface area contributed by atoms with Gasteiger partial charge < -0.3 is 15.0 Å². The number of amides is 2. The van der Waals surface area contributed by atoms with Crippen LogP contribution in [0.3, 0.4) is 0 Å². The second kappa shape index (κ2) is 10.7. The number of halogens is 1. The highest BCUT2D eigenvalue weighted by Gasteiger charge is 2.28. The maximum atomic E-state index is 13.1. The first-order valence-corrected chi connectivity index (χ1v) is 12.2. The molecule has 1 unspecified atom stereocenters. The van der Waals surface area contributed by atoms with Gasteiger partial charge in [-0.15, -0.1) is 0 Å². The molecule has 1 aliphatic rings. The summed E-state index contributed by atoms with van der Waals surface area (Å²) in [7, 11) is -1.57. The van der Waals surface area contributed by atoms with Crippen molar-refractivity contribution in [2.24, 2.45) is 0 Å². The Morgan fingerprint density at radius 2 is 1.97 bits per heavy atom. The number of benzene rings is 1. The number of nitrogens with zero attached hydrogens (tertiary/aromatic N) is 3. The Bertz CT molecular complexity index is 1070. The summed E-state index contributed by atoms with van der Waals surface area (Å²) in [6.07, 6.45) is 2.81. The number of esters is 1. The highest BCUT2D eigenvalue weighted by molar-refractivity contribution is 7.84. The van der Waals surface area contributed by atoms with Gasteiger partial charge in [0.25, 0.3) is 5.91 Å². The van der Waals surface area contributed by atoms with E-state index in [2.05, 4.69) is 10.4 Å². The van der Waals surface area contributed by atoms with Crippen molar-refractivity contribution < 1.29 is 27.7 Å². The number of ether oxygens (including phenoxy) is 1. The quantitative estimate of drug-likeness (QED) is 0.606. The van der Waals surface area contributed by atoms with Crippen LogP contribution < -0.4 is 5.32 Å². The third kappa shape index (κ3) is 5.84. The zero-order valence-corrected chi connectivity index (χ0v) is 19.6. The van der Waals surface area contributed by atoms with Gasteiger partial charge in [-0.2, -0.15) is 5.10 Å². The fourth-order valence-electron chi connectivity index (χ4n) is 3.86. The first kappa shape index (κ1) is 24.6. The van der Waals surface area contributed by atoms with E-state index in [9.17, 15) is 23.0 Å². The van der Waals surface area contributed by atoms with Gasteiger partial charge in [0.05, 0.1) is 23.1 Å². The van der Waals surface area contributed by atoms with Crippen LogP contribution in [-0.2, 0) is 26.9 Å². The fourth-order valence-corrected chi connectivity index (χ4v) is 4.78. The Morgan fingerprint density at radius 3 is 2.61 bits per heavy atom. The Labute approximate surface area is 193 Å². The van der Waals surface area contributed by atoms with Crippen molar-refractivity contribution in [1.82, 2.24) is 20.0 Å². The minimum Gasteiger partial charge on any atom is -0.462 e. The number of hydrogen-bond donors (Lipinski definition) is 1. The fraction of sp³-hybridized carbons (Fsp3) is 0.455. The molecule has 2 heterocycles. The average molecular weight is 479 g/mol. The van der Waals surface area contributed by atoms with Gasteiger partial charge in [0.1, 0.15) is 23.0 Å². The predicted molar refractivity (Wildman–Crippen MR) is 119 cm³/mol. The number of rotatable bonds is 7. The lowest BCUT2D eigenvalue weighted by Gasteiger charge is -2.33. The molecule has 2 aromatic rings. The number of aromatic nitrogens is 2. The molecule has 0 bridgehead atoms. The maximum absolute atomic E-state index is 13.1. The maximum Gasteiger partial charge on any atom is 0.342 e. The van der Waals surface area contributed by atoms with E-state index in [-0.39, 0.29) is 41.6 Å². The van der Waals surface area contributed by atoms with Crippen molar-refractivity contribution >= 4 is 28.6 Å². The Kier molecular flexibility index (Phi) is 7.96. The van der Waals surface area contributed by atoms with E-state index in [4.69, 9.17) is 4.74 Å². The topological polar surface area (TPSA) is 111 Å². The highest BCUT2D eigenvalue weighted by Crippen LogP contribution is 2.19. The molecule has 1 saturated heterocycles. The molecule has 2 amide bonds. The molecule has 0 radical (unpaired) electrons. The molecule has 3 rings (SSSR count). The van der Waals surface area contributed by atoms with E-state index in [1.165, 1.54) is 35.2 Å². The zero-order chi connectivity index (χ0) is 24.1. The smallest absolute Gasteiger partial charge is 0.342 e. The van der Waals surface area contributed by atoms with Gasteiger partial charge in [-0.3, -0.25) is 13.8 Å². The summed E-state index contributed by atoms with van der Waals surface area (Å²) < 4.78 is 31.7. The van der Waals surface area contributed by atoms with Crippen LogP contribution in [0.1, 0.15) is 46.2 Å². The summed E-state index contributed by atoms with van der Waals surface area (Å²) in [5, 5.41) is 7.26. The van der Waals surface area contributed by atoms with E-state index in [1.807, 2.05) is 0 Å². The third-order valence-corrected chi connectivity index (χ3v) is 6.25. The molecular formula is C22H27FN4O5S. The van der Waals surface area contributed by atoms with Gasteiger partial charge in [0.15, 0.2) is 0 Å². The van der Waals surface area contributed by atoms with Crippen molar-refractivity contribution in [3.05, 3.63) is 46.9 Å². The third-order valence-electron chi connectivity index (χ3n) is 5.29. The van der Waals surface area contributed by atoms with Crippen LogP contribution in [0.25, 0.3) is 0 Å². The molecule has 1 N–H and O–H groups in total. The van der Waals surface area contributed by atoms with Crippen molar-refractivity contribution in [1.29, 1.82) is 0 Å². The molecule has 33 heavy (non-hydrogen) atoms. The molecule has 1 fully saturated rings. The van der Waals surface area contributed by atoms with Crippen molar-refractivity contribution in [3.63, 3.8) is 0 Å². The molecule has 11 heteroatoms. The van der Waals surface area contributed by atoms with Crippen LogP contribution in [0, 0.1) is 12.7 Å². The first-order valence-electron chi connectivity index (χ1n) is 10.6. The Balaban J connectivity index is 1.67. The molecule has 2 atom stereocenters. The van der Waals surface area contributed by atoms with E-state index in [1.54, 1.807) is 18.7 Å². The second-order valence-electron chi connectivity index (χ2n) is 7.76. The summed E-state index contributed by atoms with van der Waals surface area (Å²) in [6.45, 7) is 4.06. The Morgan fingerprint density at radius 1 is 1.27 bits per heavy atom. The van der Waals surface area contributed by atoms with Crippen LogP contribution in [-0.4, -0.2) is 68.7 Å². The van der Waals surface area contributed by atoms with Crippen LogP contribution in [0.4, 0.5) is 4.39 Å². The predicted octanol–water partition coefficient (Wildman–Crippen LogP) is 1.67. The molecule has 0 saturated carbocycles. The Hall–Kier alpha value is -3.08. The SMILES string of the molecule is CCOC(=O)c1c(C)nn(CC(=O)N[C@H]2CCCN(C(=O)c3ccc(F)cc3)C2)c1S(C)=O. The largest absolute Gasteiger partial charge is 0.462 e. The first-order chi connectivity index (χ1) is 15.7. The van der Waals surface area contributed by atoms with Gasteiger partial charge >= 0.3 is 5.97 Å². The number of likely N-dealkylation sites (tertiary alicyclic amines) is 1. The summed E-state index contributed by atoms with van der Waals surface area (Å²) in [4.78, 5) is 39.3. The summed E-state index contributed by atoms with van der Waals surface area (Å²) >= 11 is 0. The van der Waals surface area contributed by atoms with E-state index < -0.39 is 22.6 Å². The normalized spacial score (nSPS) is 16.8. The van der Waals surface area contributed by atoms with Gasteiger partial charge in [0.2, 0.25) is 5.91 Å². The van der Waals surface area contributed by atoms with Gasteiger partial charge in [0, 0.05) is 31.0 Å². The number of aryl methyl sites for hydroxylation is 1. The summed E-state index contributed by atoms with van der Waals surface area (Å²) in [5.74, 6) is -1.64. The molecule has 178 valence electrons. The summed E-state index contributed by atoms with van der Waals surface area (Å²) in [5.41, 5.74) is 0.830. The minimum atomic E-state index is -1.57. The summed E-state index contributed by atoms with van der Waals surface area (Å²) in [6, 6.07) is 5.08. The lowest BCUT2D eigenvalue weighted by atomic mass is 10.0. The standard InChI is InChI=1S/C22H27FN4O5S/c1-4-32-22(30)19-14(2)25-27(21(19)33(3)31)13-18(28)24-17-6-5-11-26(12-17)20(29)15-7-9-16(23)10-8-15/h7-10,17H,4-6,11-13H2,1-3H3,(H,24,28)/t17-,33?/m0/s1. The molecule has 1 aliphatic heterocycles. The number of nitrogens with one attached hydrogen (secondary N) is 1. The van der Waals surface area contributed by atoms with Crippen LogP contribution in [0.15, 0.2) is 29.3 Å². The number of piperidine rings is 1. The second-order valence-corrected chi connectivity index (χ2v) is 9.06. The molecule has 1 aromatic heterocycles. The minimum absolute atomic E-state index is 0.110. The average Bonchev–Trinajstić information content (AvgIpc) is 3.09. The molecule has 0 aliphatic carbocycles. The van der Waals surface area contributed by atoms with Crippen LogP contribution in [0.5, 0.6) is 0 Å². The molecule has 0 spiro atoms. The molecule has 1 aromatic carbocycles. The highest BCUT2D eigenvalue weighted by atomic mass is 32.2. The van der Waals surface area contributed by atoms with Gasteiger partial charge in [-0.05, 0) is 51.0 Å². The monoisotopic (exact) mass is 478 g/mol. The zero-order valence-electron chi connectivity index (χ0n) is 18.8. The lowest BCUT2D eigenvalue weighted by molar-refractivity contribution is -0.123. The van der Waals surface area contributed by atoms with E-state index in [0.717, 1.165) is 0 Å². The van der Waals surface area contributed by atoms with Gasteiger partial charge in [-0.25, -0.2) is 13.9 Å². The van der Waals surface area contributed by atoms with Crippen molar-refractivity contribution in [2.75, 3.05) is 26.0 Å². The molecular weight excluding hydrogens is 451 g/mol. The number of hydrogen-bond acceptors (Lipinski definition) is 6. The van der Waals surface area contributed by atoms with Gasteiger partial charge in [-0.1, -0.05) is 0 Å². The van der Waals surface area contributed by atoms with E-state index >= 15 is 0 Å². The van der Waals surface area contributed by atoms with Crippen LogP contribution >= 0.6 is 0 Å². The number of carbonyl (C=O) groups is 3. The molecule has 9 nitrogen and oxygen atoms in total. The van der Waals surface area contributed by atoms with E-state index in [0.29, 0.717) is 37.2 Å². The number of carbonyl (C=O) groups excluding carboxylic acids is 3. The van der Waals surface area contributed by atoms with Crippen LogP contribution in [0.2, 0.25) is 0 Å². The lowest BCUT2D eigenvalue weighted by Crippen LogP contribution is -2.50. The van der Waals surface area contributed by atoms with Crippen molar-refractivity contribution in [3.8, 4) is 0 Å². The van der Waals surface area contributed by atoms with Crippen molar-refractivity contribution in [2.45, 2.75) is 44.3 Å².